The summed E-state index contributed by atoms with van der Waals surface area (Å²) < 4.78 is 9.58. The van der Waals surface area contributed by atoms with Crippen molar-refractivity contribution in [1.82, 2.24) is 0 Å². The molecular formula is C12H14O4. The zero-order chi connectivity index (χ0) is 12.0. The largest absolute Gasteiger partial charge is 0.462 e. The van der Waals surface area contributed by atoms with E-state index in [0.29, 0.717) is 17.7 Å². The van der Waals surface area contributed by atoms with Gasteiger partial charge in [-0.3, -0.25) is 4.79 Å². The normalized spacial score (nSPS) is 9.88. The lowest BCUT2D eigenvalue weighted by atomic mass is 10.1. The van der Waals surface area contributed by atoms with Gasteiger partial charge in [-0.15, -0.1) is 0 Å². The van der Waals surface area contributed by atoms with Crippen molar-refractivity contribution in [2.75, 3.05) is 20.3 Å². The third-order valence-corrected chi connectivity index (χ3v) is 1.97. The van der Waals surface area contributed by atoms with Crippen molar-refractivity contribution in [2.24, 2.45) is 0 Å². The Balaban J connectivity index is 2.86. The van der Waals surface area contributed by atoms with Crippen LogP contribution in [0.3, 0.4) is 0 Å². The Hall–Kier alpha value is -1.68. The maximum absolute atomic E-state index is 11.5. The summed E-state index contributed by atoms with van der Waals surface area (Å²) in [7, 11) is 1.45. The molecule has 16 heavy (non-hydrogen) atoms. The highest BCUT2D eigenvalue weighted by Crippen LogP contribution is 2.08. The minimum absolute atomic E-state index is 0.00623. The van der Waals surface area contributed by atoms with Crippen molar-refractivity contribution in [1.29, 1.82) is 0 Å². The fraction of sp³-hybridized carbons (Fsp3) is 0.333. The van der Waals surface area contributed by atoms with Gasteiger partial charge in [-0.25, -0.2) is 4.79 Å². The third-order valence-electron chi connectivity index (χ3n) is 1.97. The van der Waals surface area contributed by atoms with Gasteiger partial charge in [-0.05, 0) is 19.1 Å². The summed E-state index contributed by atoms with van der Waals surface area (Å²) >= 11 is 0. The molecule has 0 aliphatic carbocycles. The molecule has 86 valence electrons. The molecule has 1 aromatic carbocycles. The Morgan fingerprint density at radius 3 is 2.56 bits per heavy atom. The molecule has 0 saturated heterocycles. The molecule has 0 N–H and O–H groups in total. The summed E-state index contributed by atoms with van der Waals surface area (Å²) in [5.74, 6) is -0.580. The first-order chi connectivity index (χ1) is 7.69. The molecule has 4 heteroatoms. The van der Waals surface area contributed by atoms with Gasteiger partial charge in [0.15, 0.2) is 5.78 Å². The Kier molecular flexibility index (Phi) is 4.66. The summed E-state index contributed by atoms with van der Waals surface area (Å²) in [5, 5.41) is 0. The molecule has 1 aromatic rings. The van der Waals surface area contributed by atoms with Crippen molar-refractivity contribution in [3.05, 3.63) is 35.4 Å². The Labute approximate surface area is 94.2 Å². The first-order valence-corrected chi connectivity index (χ1v) is 4.98. The zero-order valence-electron chi connectivity index (χ0n) is 9.36. The van der Waals surface area contributed by atoms with E-state index in [9.17, 15) is 9.59 Å². The number of hydrogen-bond acceptors (Lipinski definition) is 4. The molecule has 0 bridgehead atoms. The van der Waals surface area contributed by atoms with Gasteiger partial charge in [0.25, 0.3) is 0 Å². The molecule has 0 aliphatic rings. The number of carbonyl (C=O) groups excluding carboxylic acids is 2. The molecule has 0 aliphatic heterocycles. The highest BCUT2D eigenvalue weighted by molar-refractivity contribution is 5.99. The highest BCUT2D eigenvalue weighted by atomic mass is 16.5. The molecule has 0 atom stereocenters. The van der Waals surface area contributed by atoms with Crippen LogP contribution in [-0.4, -0.2) is 32.1 Å². The van der Waals surface area contributed by atoms with E-state index in [1.165, 1.54) is 13.2 Å². The van der Waals surface area contributed by atoms with Gasteiger partial charge in [0.05, 0.1) is 12.2 Å². The Morgan fingerprint density at radius 2 is 1.94 bits per heavy atom. The standard InChI is InChI=1S/C12H14O4/c1-3-16-12(14)10-6-4-5-9(7-10)11(13)8-15-2/h4-7H,3,8H2,1-2H3. The van der Waals surface area contributed by atoms with Crippen molar-refractivity contribution in [3.63, 3.8) is 0 Å². The summed E-state index contributed by atoms with van der Waals surface area (Å²) in [6, 6.07) is 6.42. The van der Waals surface area contributed by atoms with Crippen LogP contribution in [0.15, 0.2) is 24.3 Å². The molecule has 0 fully saturated rings. The summed E-state index contributed by atoms with van der Waals surface area (Å²) in [4.78, 5) is 22.9. The fourth-order valence-corrected chi connectivity index (χ4v) is 1.25. The van der Waals surface area contributed by atoms with E-state index in [2.05, 4.69) is 0 Å². The Morgan fingerprint density at radius 1 is 1.25 bits per heavy atom. The summed E-state index contributed by atoms with van der Waals surface area (Å²) in [6.07, 6.45) is 0. The highest BCUT2D eigenvalue weighted by Gasteiger charge is 2.10. The third kappa shape index (κ3) is 3.17. The van der Waals surface area contributed by atoms with Gasteiger partial charge in [0.2, 0.25) is 0 Å². The van der Waals surface area contributed by atoms with Crippen LogP contribution in [0.2, 0.25) is 0 Å². The van der Waals surface area contributed by atoms with E-state index >= 15 is 0 Å². The van der Waals surface area contributed by atoms with Crippen molar-refractivity contribution >= 4 is 11.8 Å². The number of Topliss-reactive ketones (excluding diaryl/α,β-unsaturated/α-hetero) is 1. The topological polar surface area (TPSA) is 52.6 Å². The minimum Gasteiger partial charge on any atom is -0.462 e. The van der Waals surface area contributed by atoms with E-state index < -0.39 is 5.97 Å². The monoisotopic (exact) mass is 222 g/mol. The predicted molar refractivity (Wildman–Crippen MR) is 58.6 cm³/mol. The van der Waals surface area contributed by atoms with E-state index in [1.807, 2.05) is 0 Å². The predicted octanol–water partition coefficient (Wildman–Crippen LogP) is 1.69. The molecule has 0 saturated carbocycles. The van der Waals surface area contributed by atoms with Gasteiger partial charge in [-0.2, -0.15) is 0 Å². The number of esters is 1. The van der Waals surface area contributed by atoms with E-state index in [1.54, 1.807) is 25.1 Å². The van der Waals surface area contributed by atoms with Crippen LogP contribution in [0, 0.1) is 0 Å². The van der Waals surface area contributed by atoms with Crippen LogP contribution >= 0.6 is 0 Å². The summed E-state index contributed by atoms with van der Waals surface area (Å²) in [6.45, 7) is 2.05. The van der Waals surface area contributed by atoms with E-state index in [-0.39, 0.29) is 12.4 Å². The Bertz CT molecular complexity index is 351. The van der Waals surface area contributed by atoms with Crippen molar-refractivity contribution < 1.29 is 19.1 Å². The quantitative estimate of drug-likeness (QED) is 0.562. The first kappa shape index (κ1) is 12.4. The van der Waals surface area contributed by atoms with Crippen LogP contribution in [0.1, 0.15) is 27.6 Å². The number of ether oxygens (including phenoxy) is 2. The number of rotatable bonds is 5. The smallest absolute Gasteiger partial charge is 0.338 e. The fourth-order valence-electron chi connectivity index (χ4n) is 1.25. The zero-order valence-corrected chi connectivity index (χ0v) is 9.36. The van der Waals surface area contributed by atoms with Crippen LogP contribution < -0.4 is 0 Å². The van der Waals surface area contributed by atoms with Gasteiger partial charge in [-0.1, -0.05) is 12.1 Å². The lowest BCUT2D eigenvalue weighted by Crippen LogP contribution is -2.10. The van der Waals surface area contributed by atoms with Gasteiger partial charge in [0.1, 0.15) is 6.61 Å². The second kappa shape index (κ2) is 6.02. The average molecular weight is 222 g/mol. The van der Waals surface area contributed by atoms with Crippen LogP contribution in [0.25, 0.3) is 0 Å². The van der Waals surface area contributed by atoms with E-state index in [0.717, 1.165) is 0 Å². The molecule has 0 spiro atoms. The molecule has 0 radical (unpaired) electrons. The number of benzene rings is 1. The SMILES string of the molecule is CCOC(=O)c1cccc(C(=O)COC)c1. The molecular weight excluding hydrogens is 208 g/mol. The second-order valence-electron chi connectivity index (χ2n) is 3.16. The number of ketones is 1. The van der Waals surface area contributed by atoms with Crippen LogP contribution in [-0.2, 0) is 9.47 Å². The lowest BCUT2D eigenvalue weighted by Gasteiger charge is -2.04. The van der Waals surface area contributed by atoms with Gasteiger partial charge >= 0.3 is 5.97 Å². The number of hydrogen-bond donors (Lipinski definition) is 0. The average Bonchev–Trinajstić information content (AvgIpc) is 2.30. The molecule has 0 aromatic heterocycles. The van der Waals surface area contributed by atoms with E-state index in [4.69, 9.17) is 9.47 Å². The number of methoxy groups -OCH3 is 1. The summed E-state index contributed by atoms with van der Waals surface area (Å²) in [5.41, 5.74) is 0.830. The molecule has 4 nitrogen and oxygen atoms in total. The second-order valence-corrected chi connectivity index (χ2v) is 3.16. The van der Waals surface area contributed by atoms with Gasteiger partial charge in [0, 0.05) is 12.7 Å². The first-order valence-electron chi connectivity index (χ1n) is 4.98. The molecule has 0 unspecified atom stereocenters. The number of carbonyl (C=O) groups is 2. The minimum atomic E-state index is -0.422. The van der Waals surface area contributed by atoms with Crippen LogP contribution in [0.5, 0.6) is 0 Å². The molecule has 0 amide bonds. The van der Waals surface area contributed by atoms with Gasteiger partial charge < -0.3 is 9.47 Å². The van der Waals surface area contributed by atoms with Crippen molar-refractivity contribution in [2.45, 2.75) is 6.92 Å². The molecule has 1 rings (SSSR count). The lowest BCUT2D eigenvalue weighted by molar-refractivity contribution is 0.0526. The maximum atomic E-state index is 11.5. The van der Waals surface area contributed by atoms with Crippen LogP contribution in [0.4, 0.5) is 0 Å². The maximum Gasteiger partial charge on any atom is 0.338 e. The van der Waals surface area contributed by atoms with Crippen molar-refractivity contribution in [3.8, 4) is 0 Å². The molecule has 0 heterocycles.